The molecule has 0 rings (SSSR count). The van der Waals surface area contributed by atoms with Crippen molar-refractivity contribution in [1.29, 1.82) is 0 Å². The van der Waals surface area contributed by atoms with Crippen LogP contribution in [0.5, 0.6) is 0 Å². The van der Waals surface area contributed by atoms with Crippen molar-refractivity contribution in [1.82, 2.24) is 0 Å². The summed E-state index contributed by atoms with van der Waals surface area (Å²) in [5.74, 6) is 3.48. The Bertz CT molecular complexity index is 241. The lowest BCUT2D eigenvalue weighted by Gasteiger charge is -2.04. The van der Waals surface area contributed by atoms with Gasteiger partial charge in [0.2, 0.25) is 5.78 Å². The van der Waals surface area contributed by atoms with Crippen LogP contribution in [0.2, 0.25) is 0 Å². The minimum atomic E-state index is -0.667. The molecule has 0 aliphatic rings. The highest BCUT2D eigenvalue weighted by Crippen LogP contribution is 2.07. The predicted octanol–water partition coefficient (Wildman–Crippen LogP) is 1.17. The summed E-state index contributed by atoms with van der Waals surface area (Å²) in [6, 6.07) is 0. The van der Waals surface area contributed by atoms with Crippen molar-refractivity contribution >= 4 is 11.8 Å². The molecule has 72 valence electrons. The number of hydrogen-bond donors (Lipinski definition) is 0. The molecular weight excluding hydrogens is 168 g/mol. The number of carbonyl (C=O) groups is 2. The van der Waals surface area contributed by atoms with E-state index in [4.69, 9.17) is 0 Å². The van der Waals surface area contributed by atoms with E-state index >= 15 is 0 Å². The van der Waals surface area contributed by atoms with E-state index < -0.39 is 5.97 Å². The van der Waals surface area contributed by atoms with E-state index in [-0.39, 0.29) is 11.7 Å². The Labute approximate surface area is 78.5 Å². The van der Waals surface area contributed by atoms with Gasteiger partial charge in [-0.25, -0.2) is 4.79 Å². The van der Waals surface area contributed by atoms with Crippen LogP contribution in [0, 0.1) is 17.8 Å². The number of esters is 1. The van der Waals surface area contributed by atoms with E-state index in [0.717, 1.165) is 12.8 Å². The summed E-state index contributed by atoms with van der Waals surface area (Å²) >= 11 is 0. The molecule has 3 nitrogen and oxygen atoms in total. The Kier molecular flexibility index (Phi) is 5.62. The molecule has 0 aliphatic heterocycles. The number of methoxy groups -OCH3 is 1. The monoisotopic (exact) mass is 182 g/mol. The van der Waals surface area contributed by atoms with E-state index in [2.05, 4.69) is 16.6 Å². The average molecular weight is 182 g/mol. The lowest BCUT2D eigenvalue weighted by atomic mass is 9.99. The molecule has 0 saturated carbocycles. The molecule has 0 fully saturated rings. The van der Waals surface area contributed by atoms with Crippen molar-refractivity contribution in [2.75, 3.05) is 7.11 Å². The van der Waals surface area contributed by atoms with Crippen LogP contribution in [0.3, 0.4) is 0 Å². The zero-order chi connectivity index (χ0) is 10.3. The third-order valence-electron chi connectivity index (χ3n) is 1.83. The number of carbonyl (C=O) groups excluding carboxylic acids is 2. The standard InChI is InChI=1S/C10H14O3/c1-4-8(5-2)9(11)6-7-10(12)13-3/h8H,4-5H2,1-3H3. The van der Waals surface area contributed by atoms with E-state index in [1.165, 1.54) is 7.11 Å². The van der Waals surface area contributed by atoms with Gasteiger partial charge in [-0.2, -0.15) is 0 Å². The first-order valence-corrected chi connectivity index (χ1v) is 4.29. The third-order valence-corrected chi connectivity index (χ3v) is 1.83. The van der Waals surface area contributed by atoms with Gasteiger partial charge in [-0.3, -0.25) is 4.79 Å². The summed E-state index contributed by atoms with van der Waals surface area (Å²) in [4.78, 5) is 21.8. The highest BCUT2D eigenvalue weighted by Gasteiger charge is 2.11. The number of ether oxygens (including phenoxy) is 1. The van der Waals surface area contributed by atoms with Gasteiger partial charge in [0.15, 0.2) is 0 Å². The quantitative estimate of drug-likeness (QED) is 0.285. The van der Waals surface area contributed by atoms with Crippen LogP contribution in [-0.4, -0.2) is 18.9 Å². The molecular formula is C10H14O3. The molecule has 0 atom stereocenters. The predicted molar refractivity (Wildman–Crippen MR) is 48.9 cm³/mol. The lowest BCUT2D eigenvalue weighted by molar-refractivity contribution is -0.134. The summed E-state index contributed by atoms with van der Waals surface area (Å²) in [6.07, 6.45) is 1.51. The molecule has 13 heavy (non-hydrogen) atoms. The van der Waals surface area contributed by atoms with Gasteiger partial charge < -0.3 is 4.74 Å². The fourth-order valence-electron chi connectivity index (χ4n) is 0.925. The maximum atomic E-state index is 11.2. The van der Waals surface area contributed by atoms with Crippen LogP contribution >= 0.6 is 0 Å². The van der Waals surface area contributed by atoms with E-state index in [9.17, 15) is 9.59 Å². The maximum Gasteiger partial charge on any atom is 0.384 e. The second kappa shape index (κ2) is 6.24. The Hall–Kier alpha value is -1.30. The first-order valence-electron chi connectivity index (χ1n) is 4.29. The molecule has 0 heterocycles. The average Bonchev–Trinajstić information content (AvgIpc) is 2.16. The molecule has 0 amide bonds. The number of Topliss-reactive ketones (excluding diaryl/α,β-unsaturated/α-hetero) is 1. The third kappa shape index (κ3) is 4.32. The van der Waals surface area contributed by atoms with Gasteiger partial charge in [0, 0.05) is 11.8 Å². The zero-order valence-electron chi connectivity index (χ0n) is 8.22. The van der Waals surface area contributed by atoms with Crippen molar-refractivity contribution in [3.63, 3.8) is 0 Å². The second-order valence-electron chi connectivity index (χ2n) is 2.62. The second-order valence-corrected chi connectivity index (χ2v) is 2.62. The van der Waals surface area contributed by atoms with E-state index in [1.807, 2.05) is 13.8 Å². The van der Waals surface area contributed by atoms with Crippen molar-refractivity contribution in [2.45, 2.75) is 26.7 Å². The first kappa shape index (κ1) is 11.7. The molecule has 0 aromatic heterocycles. The van der Waals surface area contributed by atoms with Gasteiger partial charge in [-0.05, 0) is 18.8 Å². The van der Waals surface area contributed by atoms with Gasteiger partial charge in [0.05, 0.1) is 7.11 Å². The van der Waals surface area contributed by atoms with E-state index in [0.29, 0.717) is 0 Å². The number of rotatable bonds is 3. The molecule has 0 spiro atoms. The van der Waals surface area contributed by atoms with Gasteiger partial charge in [-0.15, -0.1) is 0 Å². The Morgan fingerprint density at radius 3 is 2.15 bits per heavy atom. The van der Waals surface area contributed by atoms with Gasteiger partial charge in [0.25, 0.3) is 0 Å². The van der Waals surface area contributed by atoms with Crippen molar-refractivity contribution < 1.29 is 14.3 Å². The summed E-state index contributed by atoms with van der Waals surface area (Å²) in [5.41, 5.74) is 0. The van der Waals surface area contributed by atoms with Crippen LogP contribution < -0.4 is 0 Å². The minimum absolute atomic E-state index is 0.0582. The smallest absolute Gasteiger partial charge is 0.384 e. The van der Waals surface area contributed by atoms with Crippen LogP contribution in [-0.2, 0) is 14.3 Å². The van der Waals surface area contributed by atoms with Crippen LogP contribution in [0.1, 0.15) is 26.7 Å². The first-order chi connectivity index (χ1) is 6.15. The van der Waals surface area contributed by atoms with Gasteiger partial charge in [-0.1, -0.05) is 13.8 Å². The highest BCUT2D eigenvalue weighted by atomic mass is 16.5. The Balaban J connectivity index is 4.24. The summed E-state index contributed by atoms with van der Waals surface area (Å²) in [7, 11) is 1.23. The topological polar surface area (TPSA) is 43.4 Å². The van der Waals surface area contributed by atoms with Crippen molar-refractivity contribution in [3.8, 4) is 11.8 Å². The summed E-state index contributed by atoms with van der Waals surface area (Å²) < 4.78 is 4.28. The van der Waals surface area contributed by atoms with Crippen LogP contribution in [0.4, 0.5) is 0 Å². The fourth-order valence-corrected chi connectivity index (χ4v) is 0.925. The van der Waals surface area contributed by atoms with Crippen molar-refractivity contribution in [2.24, 2.45) is 5.92 Å². The maximum absolute atomic E-state index is 11.2. The fraction of sp³-hybridized carbons (Fsp3) is 0.600. The number of hydrogen-bond acceptors (Lipinski definition) is 3. The molecule has 0 radical (unpaired) electrons. The molecule has 0 unspecified atom stereocenters. The largest absolute Gasteiger partial charge is 0.459 e. The molecule has 0 aliphatic carbocycles. The molecule has 0 aromatic rings. The summed E-state index contributed by atoms with van der Waals surface area (Å²) in [6.45, 7) is 3.85. The normalized spacial score (nSPS) is 8.92. The lowest BCUT2D eigenvalue weighted by Crippen LogP contribution is -2.10. The highest BCUT2D eigenvalue weighted by molar-refractivity contribution is 6.03. The molecule has 0 N–H and O–H groups in total. The SMILES string of the molecule is CCC(CC)C(=O)C#CC(=O)OC. The zero-order valence-corrected chi connectivity index (χ0v) is 8.22. The summed E-state index contributed by atoms with van der Waals surface area (Å²) in [5, 5.41) is 0. The molecule has 0 bridgehead atoms. The van der Waals surface area contributed by atoms with E-state index in [1.54, 1.807) is 0 Å². The molecule has 3 heteroatoms. The Morgan fingerprint density at radius 1 is 1.23 bits per heavy atom. The molecule has 0 saturated heterocycles. The van der Waals surface area contributed by atoms with Crippen LogP contribution in [0.15, 0.2) is 0 Å². The van der Waals surface area contributed by atoms with Gasteiger partial charge in [0.1, 0.15) is 0 Å². The van der Waals surface area contributed by atoms with Gasteiger partial charge >= 0.3 is 5.97 Å². The van der Waals surface area contributed by atoms with Crippen molar-refractivity contribution in [3.05, 3.63) is 0 Å². The Morgan fingerprint density at radius 2 is 1.77 bits per heavy atom. The number of ketones is 1. The minimum Gasteiger partial charge on any atom is -0.459 e. The van der Waals surface area contributed by atoms with Crippen LogP contribution in [0.25, 0.3) is 0 Å². The molecule has 0 aromatic carbocycles.